The molecule has 2 rings (SSSR count). The third kappa shape index (κ3) is 3.03. The number of aromatic nitrogens is 2. The van der Waals surface area contributed by atoms with Crippen LogP contribution >= 0.6 is 11.6 Å². The summed E-state index contributed by atoms with van der Waals surface area (Å²) in [6.07, 6.45) is 4.17. The summed E-state index contributed by atoms with van der Waals surface area (Å²) in [5.74, 6) is 1.36. The van der Waals surface area contributed by atoms with E-state index in [1.54, 1.807) is 13.2 Å². The van der Waals surface area contributed by atoms with E-state index in [1.807, 2.05) is 0 Å². The average Bonchev–Trinajstić information content (AvgIpc) is 2.90. The Hall–Kier alpha value is -1.07. The normalized spacial score (nSPS) is 18.9. The number of halogens is 1. The van der Waals surface area contributed by atoms with Crippen molar-refractivity contribution in [2.45, 2.75) is 25.9 Å². The van der Waals surface area contributed by atoms with Gasteiger partial charge in [0, 0.05) is 26.7 Å². The predicted octanol–water partition coefficient (Wildman–Crippen LogP) is 2.18. The topological polar surface area (TPSA) is 50.3 Å². The summed E-state index contributed by atoms with van der Waals surface area (Å²) in [7, 11) is 1.80. The SMILES string of the molecule is CCN(CC1CCCO1)c1nc(NC)ncc1Cl. The molecule has 5 nitrogen and oxygen atoms in total. The van der Waals surface area contributed by atoms with Gasteiger partial charge >= 0.3 is 0 Å². The van der Waals surface area contributed by atoms with E-state index >= 15 is 0 Å². The third-order valence-electron chi connectivity index (χ3n) is 3.08. The lowest BCUT2D eigenvalue weighted by Gasteiger charge is -2.25. The Morgan fingerprint density at radius 2 is 2.44 bits per heavy atom. The summed E-state index contributed by atoms with van der Waals surface area (Å²) in [6.45, 7) is 4.63. The Labute approximate surface area is 113 Å². The maximum absolute atomic E-state index is 6.18. The molecule has 2 heterocycles. The van der Waals surface area contributed by atoms with E-state index < -0.39 is 0 Å². The van der Waals surface area contributed by atoms with Crippen LogP contribution in [0.4, 0.5) is 11.8 Å². The number of hydrogen-bond acceptors (Lipinski definition) is 5. The molecule has 1 aromatic rings. The van der Waals surface area contributed by atoms with Crippen LogP contribution < -0.4 is 10.2 Å². The molecule has 0 aromatic carbocycles. The number of ether oxygens (including phenoxy) is 1. The quantitative estimate of drug-likeness (QED) is 0.889. The van der Waals surface area contributed by atoms with Crippen LogP contribution in [-0.2, 0) is 4.74 Å². The summed E-state index contributed by atoms with van der Waals surface area (Å²) >= 11 is 6.18. The average molecular weight is 271 g/mol. The summed E-state index contributed by atoms with van der Waals surface area (Å²) in [4.78, 5) is 10.7. The van der Waals surface area contributed by atoms with Gasteiger partial charge in [-0.05, 0) is 19.8 Å². The van der Waals surface area contributed by atoms with Crippen LogP contribution in [0.1, 0.15) is 19.8 Å². The first-order chi connectivity index (χ1) is 8.74. The molecular weight excluding hydrogens is 252 g/mol. The van der Waals surface area contributed by atoms with Gasteiger partial charge in [0.05, 0.1) is 12.3 Å². The lowest BCUT2D eigenvalue weighted by molar-refractivity contribution is 0.115. The van der Waals surface area contributed by atoms with Crippen molar-refractivity contribution in [1.82, 2.24) is 9.97 Å². The second-order valence-corrected chi connectivity index (χ2v) is 4.70. The van der Waals surface area contributed by atoms with Crippen molar-refractivity contribution in [3.05, 3.63) is 11.2 Å². The van der Waals surface area contributed by atoms with Crippen LogP contribution in [0.25, 0.3) is 0 Å². The molecule has 18 heavy (non-hydrogen) atoms. The summed E-state index contributed by atoms with van der Waals surface area (Å²) in [6, 6.07) is 0. The first-order valence-electron chi connectivity index (χ1n) is 6.31. The third-order valence-corrected chi connectivity index (χ3v) is 3.35. The van der Waals surface area contributed by atoms with Crippen molar-refractivity contribution in [3.63, 3.8) is 0 Å². The number of rotatable bonds is 5. The predicted molar refractivity (Wildman–Crippen MR) is 73.4 cm³/mol. The van der Waals surface area contributed by atoms with Crippen molar-refractivity contribution in [3.8, 4) is 0 Å². The monoisotopic (exact) mass is 270 g/mol. The van der Waals surface area contributed by atoms with Crippen LogP contribution in [0.3, 0.4) is 0 Å². The fourth-order valence-corrected chi connectivity index (χ4v) is 2.31. The molecule has 0 amide bonds. The molecule has 1 saturated heterocycles. The van der Waals surface area contributed by atoms with Crippen molar-refractivity contribution >= 4 is 23.4 Å². The Morgan fingerprint density at radius 1 is 1.61 bits per heavy atom. The molecule has 1 unspecified atom stereocenters. The molecule has 1 aliphatic rings. The number of anilines is 2. The Balaban J connectivity index is 2.14. The van der Waals surface area contributed by atoms with Crippen LogP contribution in [-0.4, -0.2) is 42.8 Å². The molecule has 0 bridgehead atoms. The minimum atomic E-state index is 0.286. The van der Waals surface area contributed by atoms with Crippen molar-refractivity contribution in [2.75, 3.05) is 37.0 Å². The maximum atomic E-state index is 6.18. The van der Waals surface area contributed by atoms with E-state index in [4.69, 9.17) is 16.3 Å². The molecule has 0 saturated carbocycles. The van der Waals surface area contributed by atoms with Crippen LogP contribution in [0.15, 0.2) is 6.20 Å². The van der Waals surface area contributed by atoms with Gasteiger partial charge < -0.3 is 15.0 Å². The molecule has 0 aliphatic carbocycles. The molecule has 100 valence electrons. The lowest BCUT2D eigenvalue weighted by atomic mass is 10.2. The lowest BCUT2D eigenvalue weighted by Crippen LogP contribution is -2.33. The number of nitrogens with zero attached hydrogens (tertiary/aromatic N) is 3. The van der Waals surface area contributed by atoms with Gasteiger partial charge in [-0.2, -0.15) is 4.98 Å². The second-order valence-electron chi connectivity index (χ2n) is 4.29. The molecule has 1 N–H and O–H groups in total. The van der Waals surface area contributed by atoms with E-state index in [-0.39, 0.29) is 6.10 Å². The molecule has 1 atom stereocenters. The first-order valence-corrected chi connectivity index (χ1v) is 6.69. The molecule has 1 aromatic heterocycles. The second kappa shape index (κ2) is 6.20. The standard InChI is InChI=1S/C12H19ClN4O/c1-3-17(8-9-5-4-6-18-9)11-10(13)7-15-12(14-2)16-11/h7,9H,3-6,8H2,1-2H3,(H,14,15,16). The fraction of sp³-hybridized carbons (Fsp3) is 0.667. The number of hydrogen-bond donors (Lipinski definition) is 1. The maximum Gasteiger partial charge on any atom is 0.224 e. The summed E-state index contributed by atoms with van der Waals surface area (Å²) < 4.78 is 5.66. The molecule has 1 fully saturated rings. The molecule has 0 radical (unpaired) electrons. The van der Waals surface area contributed by atoms with Gasteiger partial charge in [-0.25, -0.2) is 4.98 Å². The number of likely N-dealkylation sites (N-methyl/N-ethyl adjacent to an activating group) is 1. The van der Waals surface area contributed by atoms with Crippen molar-refractivity contribution in [2.24, 2.45) is 0 Å². The van der Waals surface area contributed by atoms with Gasteiger partial charge in [0.1, 0.15) is 5.02 Å². The summed E-state index contributed by atoms with van der Waals surface area (Å²) in [5, 5.41) is 3.51. The Kier molecular flexibility index (Phi) is 4.60. The fourth-order valence-electron chi connectivity index (χ4n) is 2.10. The minimum Gasteiger partial charge on any atom is -0.376 e. The smallest absolute Gasteiger partial charge is 0.224 e. The highest BCUT2D eigenvalue weighted by molar-refractivity contribution is 6.32. The van der Waals surface area contributed by atoms with Gasteiger partial charge in [-0.1, -0.05) is 11.6 Å². The van der Waals surface area contributed by atoms with Gasteiger partial charge in [0.25, 0.3) is 0 Å². The largest absolute Gasteiger partial charge is 0.376 e. The van der Waals surface area contributed by atoms with Crippen LogP contribution in [0.2, 0.25) is 5.02 Å². The van der Waals surface area contributed by atoms with Gasteiger partial charge in [-0.15, -0.1) is 0 Å². The highest BCUT2D eigenvalue weighted by Gasteiger charge is 2.21. The highest BCUT2D eigenvalue weighted by atomic mass is 35.5. The van der Waals surface area contributed by atoms with Crippen LogP contribution in [0.5, 0.6) is 0 Å². The highest BCUT2D eigenvalue weighted by Crippen LogP contribution is 2.25. The number of nitrogens with one attached hydrogen (secondary N) is 1. The van der Waals surface area contributed by atoms with Crippen molar-refractivity contribution < 1.29 is 4.74 Å². The van der Waals surface area contributed by atoms with E-state index in [0.717, 1.165) is 38.4 Å². The van der Waals surface area contributed by atoms with Gasteiger partial charge in [0.15, 0.2) is 5.82 Å². The Bertz CT molecular complexity index is 396. The van der Waals surface area contributed by atoms with Gasteiger partial charge in [0.2, 0.25) is 5.95 Å². The van der Waals surface area contributed by atoms with Gasteiger partial charge in [-0.3, -0.25) is 0 Å². The van der Waals surface area contributed by atoms with Crippen LogP contribution in [0, 0.1) is 0 Å². The zero-order valence-electron chi connectivity index (χ0n) is 10.8. The zero-order chi connectivity index (χ0) is 13.0. The zero-order valence-corrected chi connectivity index (χ0v) is 11.6. The molecule has 1 aliphatic heterocycles. The van der Waals surface area contributed by atoms with Crippen molar-refractivity contribution in [1.29, 1.82) is 0 Å². The minimum absolute atomic E-state index is 0.286. The summed E-state index contributed by atoms with van der Waals surface area (Å²) in [5.41, 5.74) is 0. The molecular formula is C12H19ClN4O. The van der Waals surface area contributed by atoms with E-state index in [9.17, 15) is 0 Å². The molecule has 0 spiro atoms. The van der Waals surface area contributed by atoms with E-state index in [2.05, 4.69) is 27.1 Å². The Morgan fingerprint density at radius 3 is 3.06 bits per heavy atom. The van der Waals surface area contributed by atoms with E-state index in [0.29, 0.717) is 11.0 Å². The molecule has 6 heteroatoms. The van der Waals surface area contributed by atoms with E-state index in [1.165, 1.54) is 0 Å². The first kappa shape index (κ1) is 13.4.